The molecule has 0 radical (unpaired) electrons. The first-order valence-electron chi connectivity index (χ1n) is 9.47. The molecule has 1 atom stereocenters. The van der Waals surface area contributed by atoms with Gasteiger partial charge in [0.2, 0.25) is 0 Å². The summed E-state index contributed by atoms with van der Waals surface area (Å²) in [4.78, 5) is 12.0. The molecule has 4 rings (SSSR count). The van der Waals surface area contributed by atoms with Gasteiger partial charge in [-0.3, -0.25) is 9.35 Å². The van der Waals surface area contributed by atoms with Crippen LogP contribution in [0, 0.1) is 0 Å². The Labute approximate surface area is 176 Å². The number of fused-ring (bicyclic) bond motifs is 1. The summed E-state index contributed by atoms with van der Waals surface area (Å²) in [5.41, 5.74) is 3.50. The monoisotopic (exact) mass is 425 g/mol. The summed E-state index contributed by atoms with van der Waals surface area (Å²) in [6.45, 7) is 1.06. The summed E-state index contributed by atoms with van der Waals surface area (Å²) in [5, 5.41) is 3.24. The van der Waals surface area contributed by atoms with Gasteiger partial charge in [0, 0.05) is 6.54 Å². The van der Waals surface area contributed by atoms with Gasteiger partial charge in [0.05, 0.1) is 4.90 Å². The van der Waals surface area contributed by atoms with Crippen molar-refractivity contribution in [2.24, 2.45) is 0 Å². The molecule has 0 saturated heterocycles. The van der Waals surface area contributed by atoms with Crippen LogP contribution >= 0.6 is 0 Å². The van der Waals surface area contributed by atoms with Crippen molar-refractivity contribution in [1.82, 2.24) is 5.32 Å². The molecule has 3 aromatic carbocycles. The van der Waals surface area contributed by atoms with Crippen LogP contribution in [0.4, 0.5) is 0 Å². The van der Waals surface area contributed by atoms with E-state index in [1.165, 1.54) is 23.3 Å². The first-order valence-corrected chi connectivity index (χ1v) is 10.9. The number of nitrogens with one attached hydrogen (secondary N) is 1. The number of ether oxygens (including phenoxy) is 1. The Balaban J connectivity index is 0.000000216. The van der Waals surface area contributed by atoms with E-state index in [0.29, 0.717) is 13.0 Å². The van der Waals surface area contributed by atoms with E-state index in [0.717, 1.165) is 12.1 Å². The van der Waals surface area contributed by atoms with Gasteiger partial charge >= 0.3 is 5.97 Å². The summed E-state index contributed by atoms with van der Waals surface area (Å²) in [5.74, 6) is -0.177. The minimum atomic E-state index is -4.00. The largest absolute Gasteiger partial charge is 0.460 e. The van der Waals surface area contributed by atoms with E-state index in [1.807, 2.05) is 42.5 Å². The molecule has 3 aromatic rings. The maximum absolute atomic E-state index is 12.1. The van der Waals surface area contributed by atoms with Crippen molar-refractivity contribution in [1.29, 1.82) is 0 Å². The molecular weight excluding hydrogens is 402 g/mol. The van der Waals surface area contributed by atoms with Crippen molar-refractivity contribution in [3.8, 4) is 0 Å². The Morgan fingerprint density at radius 1 is 0.900 bits per heavy atom. The van der Waals surface area contributed by atoms with E-state index in [9.17, 15) is 13.2 Å². The predicted molar refractivity (Wildman–Crippen MR) is 113 cm³/mol. The molecule has 6 nitrogen and oxygen atoms in total. The normalized spacial score (nSPS) is 15.3. The van der Waals surface area contributed by atoms with E-state index in [-0.39, 0.29) is 16.9 Å². The van der Waals surface area contributed by atoms with Gasteiger partial charge < -0.3 is 10.1 Å². The standard InChI is InChI=1S/C17H17NO2.C6H6O3S/c19-17(20-12-13-6-2-1-3-7-13)16-10-14-8-4-5-9-15(14)11-18-16;7-10(8,9)6-4-2-1-3-5-6/h1-9,16,18H,10-12H2;1-5H,(H,7,8,9). The SMILES string of the molecule is O=C(OCc1ccccc1)C1Cc2ccccc2CN1.O=S(=O)(O)c1ccccc1. The van der Waals surface area contributed by atoms with Gasteiger partial charge in [-0.1, -0.05) is 72.8 Å². The Bertz CT molecular complexity index is 1070. The minimum absolute atomic E-state index is 0.0741. The lowest BCUT2D eigenvalue weighted by molar-refractivity contribution is -0.147. The fourth-order valence-electron chi connectivity index (χ4n) is 3.04. The zero-order chi connectivity index (χ0) is 21.4. The van der Waals surface area contributed by atoms with Gasteiger partial charge in [0.15, 0.2) is 0 Å². The van der Waals surface area contributed by atoms with Crippen molar-refractivity contribution in [2.75, 3.05) is 0 Å². The number of carbonyl (C=O) groups excluding carboxylic acids is 1. The molecule has 156 valence electrons. The third-order valence-corrected chi connectivity index (χ3v) is 5.50. The molecule has 0 spiro atoms. The van der Waals surface area contributed by atoms with Crippen LogP contribution < -0.4 is 5.32 Å². The molecule has 7 heteroatoms. The molecular formula is C23H23NO5S. The van der Waals surface area contributed by atoms with Crippen LogP contribution in [0.5, 0.6) is 0 Å². The third-order valence-electron chi connectivity index (χ3n) is 4.63. The summed E-state index contributed by atoms with van der Waals surface area (Å²) in [7, 11) is -4.00. The molecule has 1 aliphatic heterocycles. The van der Waals surface area contributed by atoms with Crippen molar-refractivity contribution in [2.45, 2.75) is 30.5 Å². The van der Waals surface area contributed by atoms with E-state index in [1.54, 1.807) is 18.2 Å². The lowest BCUT2D eigenvalue weighted by atomic mass is 9.96. The number of rotatable bonds is 4. The van der Waals surface area contributed by atoms with Crippen LogP contribution in [0.1, 0.15) is 16.7 Å². The molecule has 1 unspecified atom stereocenters. The second kappa shape index (κ2) is 10.2. The predicted octanol–water partition coefficient (Wildman–Crippen LogP) is 3.38. The quantitative estimate of drug-likeness (QED) is 0.492. The number of benzene rings is 3. The van der Waals surface area contributed by atoms with Crippen LogP contribution in [-0.4, -0.2) is 25.0 Å². The maximum atomic E-state index is 12.1. The maximum Gasteiger partial charge on any atom is 0.323 e. The van der Waals surface area contributed by atoms with Crippen molar-refractivity contribution >= 4 is 16.1 Å². The number of hydrogen-bond acceptors (Lipinski definition) is 5. The van der Waals surface area contributed by atoms with Gasteiger partial charge in [-0.25, -0.2) is 0 Å². The molecule has 30 heavy (non-hydrogen) atoms. The highest BCUT2D eigenvalue weighted by Crippen LogP contribution is 2.17. The summed E-state index contributed by atoms with van der Waals surface area (Å²) >= 11 is 0. The fraction of sp³-hybridized carbons (Fsp3) is 0.174. The number of esters is 1. The smallest absolute Gasteiger partial charge is 0.323 e. The van der Waals surface area contributed by atoms with Crippen LogP contribution in [0.15, 0.2) is 89.8 Å². The van der Waals surface area contributed by atoms with Crippen molar-refractivity contribution in [3.05, 3.63) is 102 Å². The van der Waals surface area contributed by atoms with Gasteiger partial charge in [-0.05, 0) is 35.2 Å². The lowest BCUT2D eigenvalue weighted by Gasteiger charge is -2.24. The molecule has 1 heterocycles. The first-order chi connectivity index (χ1) is 14.4. The average molecular weight is 426 g/mol. The highest BCUT2D eigenvalue weighted by molar-refractivity contribution is 7.85. The summed E-state index contributed by atoms with van der Waals surface area (Å²) < 4.78 is 34.6. The van der Waals surface area contributed by atoms with E-state index in [2.05, 4.69) is 17.4 Å². The van der Waals surface area contributed by atoms with Crippen molar-refractivity contribution < 1.29 is 22.5 Å². The Morgan fingerprint density at radius 3 is 2.07 bits per heavy atom. The topological polar surface area (TPSA) is 92.7 Å². The zero-order valence-corrected chi connectivity index (χ0v) is 17.1. The molecule has 0 fully saturated rings. The Kier molecular flexibility index (Phi) is 7.35. The second-order valence-corrected chi connectivity index (χ2v) is 8.21. The van der Waals surface area contributed by atoms with E-state index < -0.39 is 10.1 Å². The molecule has 0 amide bonds. The van der Waals surface area contributed by atoms with Crippen LogP contribution in [0.2, 0.25) is 0 Å². The fourth-order valence-corrected chi connectivity index (χ4v) is 3.54. The minimum Gasteiger partial charge on any atom is -0.460 e. The summed E-state index contributed by atoms with van der Waals surface area (Å²) in [6.07, 6.45) is 0.698. The molecule has 0 bridgehead atoms. The first kappa shape index (κ1) is 21.7. The molecule has 0 saturated carbocycles. The van der Waals surface area contributed by atoms with Gasteiger partial charge in [-0.2, -0.15) is 8.42 Å². The third kappa shape index (κ3) is 6.25. The Morgan fingerprint density at radius 2 is 1.47 bits per heavy atom. The number of carbonyl (C=O) groups is 1. The average Bonchev–Trinajstić information content (AvgIpc) is 2.78. The molecule has 2 N–H and O–H groups in total. The van der Waals surface area contributed by atoms with Gasteiger partial charge in [0.1, 0.15) is 12.6 Å². The van der Waals surface area contributed by atoms with E-state index >= 15 is 0 Å². The van der Waals surface area contributed by atoms with E-state index in [4.69, 9.17) is 9.29 Å². The number of hydrogen-bond donors (Lipinski definition) is 2. The highest BCUT2D eigenvalue weighted by Gasteiger charge is 2.25. The molecule has 0 aromatic heterocycles. The molecule has 1 aliphatic rings. The Hall–Kier alpha value is -3.00. The highest BCUT2D eigenvalue weighted by atomic mass is 32.2. The van der Waals surface area contributed by atoms with Crippen LogP contribution in [0.25, 0.3) is 0 Å². The van der Waals surface area contributed by atoms with Gasteiger partial charge in [0.25, 0.3) is 10.1 Å². The van der Waals surface area contributed by atoms with Crippen LogP contribution in [-0.2, 0) is 39.2 Å². The zero-order valence-electron chi connectivity index (χ0n) is 16.3. The van der Waals surface area contributed by atoms with Gasteiger partial charge in [-0.15, -0.1) is 0 Å². The van der Waals surface area contributed by atoms with Crippen molar-refractivity contribution in [3.63, 3.8) is 0 Å². The second-order valence-electron chi connectivity index (χ2n) is 6.79. The molecule has 0 aliphatic carbocycles. The summed E-state index contributed by atoms with van der Waals surface area (Å²) in [6, 6.07) is 25.1. The lowest BCUT2D eigenvalue weighted by Crippen LogP contribution is -2.42. The van der Waals surface area contributed by atoms with Crippen LogP contribution in [0.3, 0.4) is 0 Å².